The van der Waals surface area contributed by atoms with E-state index in [4.69, 9.17) is 9.47 Å². The van der Waals surface area contributed by atoms with Crippen molar-refractivity contribution in [3.8, 4) is 0 Å². The summed E-state index contributed by atoms with van der Waals surface area (Å²) in [6, 6.07) is 8.00. The largest absolute Gasteiger partial charge is 0.466 e. The lowest BCUT2D eigenvalue weighted by Crippen LogP contribution is -2.52. The maximum absolute atomic E-state index is 12.7. The number of esters is 1. The third kappa shape index (κ3) is 4.05. The van der Waals surface area contributed by atoms with E-state index < -0.39 is 5.60 Å². The molecule has 0 bridgehead atoms. The van der Waals surface area contributed by atoms with Gasteiger partial charge < -0.3 is 14.4 Å². The van der Waals surface area contributed by atoms with Crippen molar-refractivity contribution in [2.24, 2.45) is 5.92 Å². The lowest BCUT2D eigenvalue weighted by atomic mass is 9.76. The predicted molar refractivity (Wildman–Crippen MR) is 102 cm³/mol. The first kappa shape index (κ1) is 19.2. The van der Waals surface area contributed by atoms with Gasteiger partial charge in [0.1, 0.15) is 5.60 Å². The Morgan fingerprint density at radius 1 is 1.31 bits per heavy atom. The molecule has 2 fully saturated rings. The fourth-order valence-corrected chi connectivity index (χ4v) is 4.24. The molecule has 0 N–H and O–H groups in total. The predicted octanol–water partition coefficient (Wildman–Crippen LogP) is 4.84. The minimum absolute atomic E-state index is 0.0242. The molecule has 1 spiro atoms. The summed E-state index contributed by atoms with van der Waals surface area (Å²) in [6.07, 6.45) is 3.50. The number of carbonyl (C=O) groups excluding carboxylic acids is 2. The summed E-state index contributed by atoms with van der Waals surface area (Å²) in [7, 11) is 0. The van der Waals surface area contributed by atoms with Gasteiger partial charge in [0.2, 0.25) is 0 Å². The fourth-order valence-electron chi connectivity index (χ4n) is 3.98. The lowest BCUT2D eigenvalue weighted by molar-refractivity contribution is -0.152. The smallest absolute Gasteiger partial charge is 0.410 e. The minimum Gasteiger partial charge on any atom is -0.466 e. The van der Waals surface area contributed by atoms with Gasteiger partial charge in [-0.25, -0.2) is 4.79 Å². The highest BCUT2D eigenvalue weighted by Gasteiger charge is 2.45. The highest BCUT2D eigenvalue weighted by atomic mass is 79.9. The normalized spacial score (nSPS) is 27.1. The summed E-state index contributed by atoms with van der Waals surface area (Å²) in [6.45, 7) is 4.95. The van der Waals surface area contributed by atoms with Gasteiger partial charge in [-0.1, -0.05) is 28.1 Å². The number of benzene rings is 1. The number of halogens is 1. The SMILES string of the molecule is CCOC(=O)C1CCC2(CC1)CCN([C@@H](C)c1ccc(Br)cc1)C(=O)O2. The van der Waals surface area contributed by atoms with Crippen molar-refractivity contribution in [2.45, 2.75) is 57.6 Å². The molecular weight excluding hydrogens is 398 g/mol. The maximum Gasteiger partial charge on any atom is 0.410 e. The summed E-state index contributed by atoms with van der Waals surface area (Å²) in [5, 5.41) is 0. The summed E-state index contributed by atoms with van der Waals surface area (Å²) < 4.78 is 12.1. The Morgan fingerprint density at radius 3 is 2.54 bits per heavy atom. The molecule has 142 valence electrons. The van der Waals surface area contributed by atoms with Crippen LogP contribution in [-0.2, 0) is 14.3 Å². The molecule has 0 radical (unpaired) electrons. The van der Waals surface area contributed by atoms with Crippen molar-refractivity contribution in [1.82, 2.24) is 4.90 Å². The van der Waals surface area contributed by atoms with Crippen LogP contribution < -0.4 is 0 Å². The zero-order chi connectivity index (χ0) is 18.7. The van der Waals surface area contributed by atoms with Crippen molar-refractivity contribution in [3.05, 3.63) is 34.3 Å². The van der Waals surface area contributed by atoms with E-state index >= 15 is 0 Å². The van der Waals surface area contributed by atoms with Crippen molar-refractivity contribution in [3.63, 3.8) is 0 Å². The van der Waals surface area contributed by atoms with Crippen LogP contribution in [0, 0.1) is 5.92 Å². The lowest BCUT2D eigenvalue weighted by Gasteiger charge is -2.46. The zero-order valence-corrected chi connectivity index (χ0v) is 17.0. The second-order valence-electron chi connectivity index (χ2n) is 7.25. The Balaban J connectivity index is 1.59. The van der Waals surface area contributed by atoms with E-state index in [-0.39, 0.29) is 24.0 Å². The zero-order valence-electron chi connectivity index (χ0n) is 15.4. The third-order valence-corrected chi connectivity index (χ3v) is 6.21. The van der Waals surface area contributed by atoms with E-state index in [1.165, 1.54) is 0 Å². The minimum atomic E-state index is -0.407. The summed E-state index contributed by atoms with van der Waals surface area (Å²) in [5.74, 6) is -0.172. The van der Waals surface area contributed by atoms with Crippen molar-refractivity contribution < 1.29 is 19.1 Å². The first-order chi connectivity index (χ1) is 12.4. The van der Waals surface area contributed by atoms with Gasteiger partial charge in [0.25, 0.3) is 0 Å². The van der Waals surface area contributed by atoms with Crippen LogP contribution in [-0.4, -0.2) is 35.7 Å². The molecule has 0 unspecified atom stereocenters. The average molecular weight is 424 g/mol. The number of hydrogen-bond acceptors (Lipinski definition) is 4. The second kappa shape index (κ2) is 7.99. The molecule has 1 atom stereocenters. The number of nitrogens with zero attached hydrogens (tertiary/aromatic N) is 1. The summed E-state index contributed by atoms with van der Waals surface area (Å²) in [4.78, 5) is 26.4. The molecule has 2 aliphatic rings. The van der Waals surface area contributed by atoms with E-state index in [1.54, 1.807) is 4.90 Å². The van der Waals surface area contributed by atoms with Crippen LogP contribution in [0.3, 0.4) is 0 Å². The number of ether oxygens (including phenoxy) is 2. The van der Waals surface area contributed by atoms with Crippen LogP contribution in [0.2, 0.25) is 0 Å². The van der Waals surface area contributed by atoms with Gasteiger partial charge in [0.15, 0.2) is 0 Å². The fraction of sp³-hybridized carbons (Fsp3) is 0.600. The molecular formula is C20H26BrNO4. The molecule has 6 heteroatoms. The molecule has 0 aromatic heterocycles. The van der Waals surface area contributed by atoms with Gasteiger partial charge in [-0.05, 0) is 57.2 Å². The molecule has 1 aliphatic carbocycles. The average Bonchev–Trinajstić information content (AvgIpc) is 2.63. The first-order valence-electron chi connectivity index (χ1n) is 9.36. The molecule has 3 rings (SSSR count). The number of hydrogen-bond donors (Lipinski definition) is 0. The first-order valence-corrected chi connectivity index (χ1v) is 10.1. The van der Waals surface area contributed by atoms with Crippen LogP contribution in [0.5, 0.6) is 0 Å². The van der Waals surface area contributed by atoms with Gasteiger partial charge in [-0.2, -0.15) is 0 Å². The van der Waals surface area contributed by atoms with E-state index in [9.17, 15) is 9.59 Å². The van der Waals surface area contributed by atoms with Crippen LogP contribution in [0.15, 0.2) is 28.7 Å². The third-order valence-electron chi connectivity index (χ3n) is 5.68. The van der Waals surface area contributed by atoms with Gasteiger partial charge in [0, 0.05) is 17.4 Å². The molecule has 1 saturated carbocycles. The Bertz CT molecular complexity index is 652. The van der Waals surface area contributed by atoms with Gasteiger partial charge in [-0.15, -0.1) is 0 Å². The second-order valence-corrected chi connectivity index (χ2v) is 8.16. The molecule has 1 aliphatic heterocycles. The van der Waals surface area contributed by atoms with Crippen molar-refractivity contribution in [2.75, 3.05) is 13.2 Å². The Labute approximate surface area is 163 Å². The number of rotatable bonds is 4. The number of carbonyl (C=O) groups is 2. The molecule has 1 saturated heterocycles. The van der Waals surface area contributed by atoms with E-state index in [0.717, 1.165) is 42.1 Å². The molecule has 1 aromatic carbocycles. The standard InChI is InChI=1S/C20H26BrNO4/c1-3-25-18(23)16-8-10-20(11-9-16)12-13-22(19(24)26-20)14(2)15-4-6-17(21)7-5-15/h4-7,14,16H,3,8-13H2,1-2H3/t14-,16?,20?/m0/s1. The molecule has 26 heavy (non-hydrogen) atoms. The van der Waals surface area contributed by atoms with Crippen molar-refractivity contribution >= 4 is 28.0 Å². The summed E-state index contributed by atoms with van der Waals surface area (Å²) in [5.41, 5.74) is 0.683. The van der Waals surface area contributed by atoms with Gasteiger partial charge >= 0.3 is 12.1 Å². The summed E-state index contributed by atoms with van der Waals surface area (Å²) >= 11 is 3.44. The van der Waals surface area contributed by atoms with E-state index in [1.807, 2.05) is 38.1 Å². The van der Waals surface area contributed by atoms with E-state index in [2.05, 4.69) is 15.9 Å². The topological polar surface area (TPSA) is 55.8 Å². The molecule has 1 amide bonds. The molecule has 1 aromatic rings. The van der Waals surface area contributed by atoms with Gasteiger partial charge in [-0.3, -0.25) is 4.79 Å². The molecule has 1 heterocycles. The monoisotopic (exact) mass is 423 g/mol. The Kier molecular flexibility index (Phi) is 5.90. The van der Waals surface area contributed by atoms with E-state index in [0.29, 0.717) is 13.2 Å². The highest BCUT2D eigenvalue weighted by molar-refractivity contribution is 9.10. The Morgan fingerprint density at radius 2 is 1.96 bits per heavy atom. The van der Waals surface area contributed by atoms with Crippen LogP contribution in [0.25, 0.3) is 0 Å². The Hall–Kier alpha value is -1.56. The van der Waals surface area contributed by atoms with Crippen LogP contribution in [0.4, 0.5) is 4.79 Å². The number of amides is 1. The highest BCUT2D eigenvalue weighted by Crippen LogP contribution is 2.41. The van der Waals surface area contributed by atoms with Crippen LogP contribution in [0.1, 0.15) is 57.6 Å². The maximum atomic E-state index is 12.7. The van der Waals surface area contributed by atoms with Crippen LogP contribution >= 0.6 is 15.9 Å². The van der Waals surface area contributed by atoms with Crippen molar-refractivity contribution in [1.29, 1.82) is 0 Å². The molecule has 5 nitrogen and oxygen atoms in total. The van der Waals surface area contributed by atoms with Gasteiger partial charge in [0.05, 0.1) is 18.6 Å². The quantitative estimate of drug-likeness (QED) is 0.649.